The maximum Gasteiger partial charge on any atom is 0.324 e. The fourth-order valence-corrected chi connectivity index (χ4v) is 4.45. The van der Waals surface area contributed by atoms with Crippen LogP contribution in [0.15, 0.2) is 18.2 Å². The van der Waals surface area contributed by atoms with E-state index in [0.29, 0.717) is 0 Å². The third-order valence-electron chi connectivity index (χ3n) is 5.13. The van der Waals surface area contributed by atoms with Gasteiger partial charge in [0.25, 0.3) is 0 Å². The van der Waals surface area contributed by atoms with Gasteiger partial charge in [0.05, 0.1) is 0 Å². The molecule has 114 valence electrons. The number of aryl methyl sites for hydroxylation is 1. The first-order chi connectivity index (χ1) is 10.1. The summed E-state index contributed by atoms with van der Waals surface area (Å²) in [6.07, 6.45) is 5.40. The van der Waals surface area contributed by atoms with Crippen LogP contribution >= 0.6 is 11.6 Å². The van der Waals surface area contributed by atoms with Crippen LogP contribution in [0.25, 0.3) is 0 Å². The minimum absolute atomic E-state index is 0.238. The van der Waals surface area contributed by atoms with Crippen molar-refractivity contribution in [3.05, 3.63) is 34.3 Å². The molecule has 0 bridgehead atoms. The van der Waals surface area contributed by atoms with Crippen molar-refractivity contribution in [2.24, 2.45) is 0 Å². The molecule has 1 aliphatic heterocycles. The Hall–Kier alpha value is -1.06. The van der Waals surface area contributed by atoms with Gasteiger partial charge in [-0.15, -0.1) is 0 Å². The molecule has 1 aromatic rings. The lowest BCUT2D eigenvalue weighted by Crippen LogP contribution is -2.51. The van der Waals surface area contributed by atoms with Crippen LogP contribution in [0.5, 0.6) is 0 Å². The first kappa shape index (κ1) is 14.9. The van der Waals surface area contributed by atoms with Gasteiger partial charge >= 0.3 is 5.97 Å². The van der Waals surface area contributed by atoms with Gasteiger partial charge in [-0.2, -0.15) is 0 Å². The van der Waals surface area contributed by atoms with E-state index in [0.717, 1.165) is 50.1 Å². The predicted octanol–water partition coefficient (Wildman–Crippen LogP) is 4.05. The number of carboxylic acid groups (broad SMARTS) is 1. The number of hydrogen-bond donors (Lipinski definition) is 1. The zero-order valence-electron chi connectivity index (χ0n) is 12.4. The quantitative estimate of drug-likeness (QED) is 0.912. The molecular formula is C17H22ClNO2. The highest BCUT2D eigenvalue weighted by Gasteiger charge is 2.50. The molecule has 1 heterocycles. The average Bonchev–Trinajstić information content (AvgIpc) is 3.02. The molecule has 0 spiro atoms. The molecule has 0 saturated carbocycles. The molecule has 3 rings (SSSR count). The Morgan fingerprint density at radius 2 is 2.33 bits per heavy atom. The average molecular weight is 308 g/mol. The fraction of sp³-hybridized carbons (Fsp3) is 0.588. The number of hydrogen-bond acceptors (Lipinski definition) is 2. The largest absolute Gasteiger partial charge is 0.480 e. The molecule has 1 N–H and O–H groups in total. The van der Waals surface area contributed by atoms with Crippen LogP contribution in [0, 0.1) is 0 Å². The second-order valence-electron chi connectivity index (χ2n) is 6.28. The van der Waals surface area contributed by atoms with Crippen molar-refractivity contribution in [3.8, 4) is 0 Å². The summed E-state index contributed by atoms with van der Waals surface area (Å²) in [4.78, 5) is 14.2. The summed E-state index contributed by atoms with van der Waals surface area (Å²) >= 11 is 6.08. The zero-order valence-corrected chi connectivity index (χ0v) is 13.2. The number of carbonyl (C=O) groups is 1. The van der Waals surface area contributed by atoms with Gasteiger partial charge in [-0.1, -0.05) is 31.0 Å². The molecule has 21 heavy (non-hydrogen) atoms. The molecule has 0 radical (unpaired) electrons. The molecule has 0 amide bonds. The normalized spacial score (nSPS) is 28.8. The van der Waals surface area contributed by atoms with Crippen LogP contribution < -0.4 is 0 Å². The summed E-state index contributed by atoms with van der Waals surface area (Å²) in [6, 6.07) is 6.29. The first-order valence-corrected chi connectivity index (χ1v) is 8.25. The van der Waals surface area contributed by atoms with Gasteiger partial charge in [0.2, 0.25) is 0 Å². The molecule has 1 aromatic carbocycles. The minimum Gasteiger partial charge on any atom is -0.480 e. The van der Waals surface area contributed by atoms with Crippen LogP contribution in [0.1, 0.15) is 56.2 Å². The van der Waals surface area contributed by atoms with Crippen molar-refractivity contribution in [1.82, 2.24) is 4.90 Å². The van der Waals surface area contributed by atoms with Gasteiger partial charge in [0.15, 0.2) is 0 Å². The van der Waals surface area contributed by atoms with E-state index in [1.165, 1.54) is 11.1 Å². The molecule has 0 aromatic heterocycles. The molecule has 1 fully saturated rings. The number of likely N-dealkylation sites (tertiary alicyclic amines) is 1. The second kappa shape index (κ2) is 5.62. The summed E-state index contributed by atoms with van der Waals surface area (Å²) in [5.74, 6) is -0.649. The highest BCUT2D eigenvalue weighted by Crippen LogP contribution is 2.45. The van der Waals surface area contributed by atoms with Gasteiger partial charge in [-0.05, 0) is 61.9 Å². The Bertz CT molecular complexity index is 560. The van der Waals surface area contributed by atoms with Crippen molar-refractivity contribution < 1.29 is 9.90 Å². The van der Waals surface area contributed by atoms with E-state index >= 15 is 0 Å². The van der Waals surface area contributed by atoms with Gasteiger partial charge in [-0.3, -0.25) is 9.69 Å². The maximum absolute atomic E-state index is 12.0. The smallest absolute Gasteiger partial charge is 0.324 e. The molecule has 1 aliphatic carbocycles. The maximum atomic E-state index is 12.0. The topological polar surface area (TPSA) is 40.5 Å². The van der Waals surface area contributed by atoms with E-state index in [1.807, 2.05) is 12.1 Å². The van der Waals surface area contributed by atoms with E-state index in [2.05, 4.69) is 17.9 Å². The van der Waals surface area contributed by atoms with E-state index in [9.17, 15) is 9.90 Å². The highest BCUT2D eigenvalue weighted by molar-refractivity contribution is 6.30. The predicted molar refractivity (Wildman–Crippen MR) is 83.7 cm³/mol. The third kappa shape index (κ3) is 2.36. The van der Waals surface area contributed by atoms with E-state index < -0.39 is 11.5 Å². The fourth-order valence-electron chi connectivity index (χ4n) is 4.26. The Morgan fingerprint density at radius 1 is 1.52 bits per heavy atom. The second-order valence-corrected chi connectivity index (χ2v) is 6.72. The number of fused-ring (bicyclic) bond motifs is 1. The van der Waals surface area contributed by atoms with Crippen LogP contribution in [0.4, 0.5) is 0 Å². The Balaban J connectivity index is 1.96. The van der Waals surface area contributed by atoms with Crippen molar-refractivity contribution in [2.45, 2.75) is 57.0 Å². The van der Waals surface area contributed by atoms with Gasteiger partial charge in [0, 0.05) is 11.1 Å². The number of nitrogens with zero attached hydrogens (tertiary/aromatic N) is 1. The summed E-state index contributed by atoms with van der Waals surface area (Å²) in [7, 11) is 0. The summed E-state index contributed by atoms with van der Waals surface area (Å²) in [5, 5.41) is 10.6. The van der Waals surface area contributed by atoms with Crippen LogP contribution in [0.2, 0.25) is 5.02 Å². The number of carboxylic acids is 1. The lowest BCUT2D eigenvalue weighted by atomic mass is 9.89. The Kier molecular flexibility index (Phi) is 3.98. The number of benzene rings is 1. The number of rotatable bonds is 4. The van der Waals surface area contributed by atoms with Crippen molar-refractivity contribution in [3.63, 3.8) is 0 Å². The van der Waals surface area contributed by atoms with Crippen molar-refractivity contribution >= 4 is 17.6 Å². The first-order valence-electron chi connectivity index (χ1n) is 7.87. The van der Waals surface area contributed by atoms with Gasteiger partial charge in [-0.25, -0.2) is 0 Å². The molecule has 2 unspecified atom stereocenters. The molecule has 1 saturated heterocycles. The molecule has 3 nitrogen and oxygen atoms in total. The summed E-state index contributed by atoms with van der Waals surface area (Å²) < 4.78 is 0. The van der Waals surface area contributed by atoms with Crippen molar-refractivity contribution in [2.75, 3.05) is 6.54 Å². The van der Waals surface area contributed by atoms with E-state index in [1.54, 1.807) is 0 Å². The van der Waals surface area contributed by atoms with Crippen LogP contribution in [-0.4, -0.2) is 28.1 Å². The van der Waals surface area contributed by atoms with E-state index in [4.69, 9.17) is 11.6 Å². The lowest BCUT2D eigenvalue weighted by molar-refractivity contribution is -0.152. The van der Waals surface area contributed by atoms with Gasteiger partial charge < -0.3 is 5.11 Å². The number of halogens is 1. The SMILES string of the molecule is CCCC1(C(=O)O)CCCN1C1CCc2cc(Cl)ccc21. The zero-order chi connectivity index (χ0) is 15.0. The van der Waals surface area contributed by atoms with Crippen molar-refractivity contribution in [1.29, 1.82) is 0 Å². The monoisotopic (exact) mass is 307 g/mol. The molecular weight excluding hydrogens is 286 g/mol. The van der Waals surface area contributed by atoms with Crippen LogP contribution in [0.3, 0.4) is 0 Å². The Labute approximate surface area is 130 Å². The molecule has 4 heteroatoms. The molecule has 2 aliphatic rings. The minimum atomic E-state index is -0.666. The Morgan fingerprint density at radius 3 is 3.05 bits per heavy atom. The van der Waals surface area contributed by atoms with Gasteiger partial charge in [0.1, 0.15) is 5.54 Å². The highest BCUT2D eigenvalue weighted by atomic mass is 35.5. The molecule has 2 atom stereocenters. The summed E-state index contributed by atoms with van der Waals surface area (Å²) in [6.45, 7) is 2.96. The third-order valence-corrected chi connectivity index (χ3v) is 5.36. The van der Waals surface area contributed by atoms with Crippen LogP contribution in [-0.2, 0) is 11.2 Å². The summed E-state index contributed by atoms with van der Waals surface area (Å²) in [5.41, 5.74) is 1.90. The standard InChI is InChI=1S/C17H22ClNO2/c1-2-8-17(16(20)21)9-3-10-19(17)15-7-4-12-11-13(18)5-6-14(12)15/h5-6,11,15H,2-4,7-10H2,1H3,(H,20,21). The number of aliphatic carboxylic acids is 1. The lowest BCUT2D eigenvalue weighted by Gasteiger charge is -2.39. The van der Waals surface area contributed by atoms with E-state index in [-0.39, 0.29) is 6.04 Å².